The van der Waals surface area contributed by atoms with Gasteiger partial charge in [-0.3, -0.25) is 4.90 Å². The zero-order valence-corrected chi connectivity index (χ0v) is 10.3. The molecule has 0 amide bonds. The lowest BCUT2D eigenvalue weighted by atomic mass is 9.94. The maximum Gasteiger partial charge on any atom is 0.138 e. The summed E-state index contributed by atoms with van der Waals surface area (Å²) < 4.78 is 4.52. The summed E-state index contributed by atoms with van der Waals surface area (Å²) in [7, 11) is 0. The third kappa shape index (κ3) is 2.66. The summed E-state index contributed by atoms with van der Waals surface area (Å²) in [5.41, 5.74) is 6.91. The summed E-state index contributed by atoms with van der Waals surface area (Å²) in [6.45, 7) is 4.98. The molecular weight excluding hydrogens is 232 g/mol. The zero-order chi connectivity index (χ0) is 10.8. The van der Waals surface area contributed by atoms with Crippen molar-refractivity contribution in [3.8, 4) is 0 Å². The van der Waals surface area contributed by atoms with E-state index in [0.29, 0.717) is 10.3 Å². The summed E-state index contributed by atoms with van der Waals surface area (Å²) in [5, 5.41) is 4.01. The van der Waals surface area contributed by atoms with Crippen LogP contribution in [0, 0.1) is 5.92 Å². The molecule has 1 saturated heterocycles. The van der Waals surface area contributed by atoms with Crippen LogP contribution in [0.1, 0.15) is 19.0 Å². The van der Waals surface area contributed by atoms with Crippen LogP contribution in [0.3, 0.4) is 0 Å². The van der Waals surface area contributed by atoms with Crippen molar-refractivity contribution in [3.63, 3.8) is 0 Å². The predicted octanol–water partition coefficient (Wildman–Crippen LogP) is 1.36. The molecular formula is C9H15ClN4S. The molecule has 0 bridgehead atoms. The highest BCUT2D eigenvalue weighted by Crippen LogP contribution is 2.22. The Balaban J connectivity index is 1.94. The molecule has 0 saturated carbocycles. The highest BCUT2D eigenvalue weighted by Gasteiger charge is 2.24. The third-order valence-corrected chi connectivity index (χ3v) is 3.97. The van der Waals surface area contributed by atoms with Crippen LogP contribution >= 0.6 is 23.1 Å². The van der Waals surface area contributed by atoms with Crippen molar-refractivity contribution < 1.29 is 0 Å². The molecule has 2 N–H and O–H groups in total. The number of nitrogens with two attached hydrogens (primary N) is 1. The average molecular weight is 247 g/mol. The number of aromatic nitrogens is 2. The van der Waals surface area contributed by atoms with E-state index in [9.17, 15) is 0 Å². The van der Waals surface area contributed by atoms with Gasteiger partial charge in [0.1, 0.15) is 10.0 Å². The second-order valence-corrected chi connectivity index (χ2v) is 5.51. The standard InChI is InChI=1S/C9H15ClN4S/c1-6-2-3-14(4-7(6)11)5-8-9(10)15-13-12-8/h6-7H,2-5,11H2,1H3. The Labute approximate surface area is 98.6 Å². The number of rotatable bonds is 2. The first kappa shape index (κ1) is 11.3. The maximum absolute atomic E-state index is 6.03. The van der Waals surface area contributed by atoms with Crippen LogP contribution in [-0.4, -0.2) is 33.6 Å². The second-order valence-electron chi connectivity index (χ2n) is 4.16. The molecule has 2 rings (SSSR count). The molecule has 0 aromatic carbocycles. The van der Waals surface area contributed by atoms with Gasteiger partial charge in [0.2, 0.25) is 0 Å². The van der Waals surface area contributed by atoms with Gasteiger partial charge in [-0.25, -0.2) is 0 Å². The lowest BCUT2D eigenvalue weighted by Gasteiger charge is -2.34. The van der Waals surface area contributed by atoms with Crippen LogP contribution in [0.15, 0.2) is 0 Å². The van der Waals surface area contributed by atoms with E-state index in [2.05, 4.69) is 21.4 Å². The minimum absolute atomic E-state index is 0.268. The minimum Gasteiger partial charge on any atom is -0.326 e. The number of nitrogens with zero attached hydrogens (tertiary/aromatic N) is 3. The summed E-state index contributed by atoms with van der Waals surface area (Å²) in [6.07, 6.45) is 1.15. The quantitative estimate of drug-likeness (QED) is 0.856. The molecule has 1 fully saturated rings. The Morgan fingerprint density at radius 1 is 1.67 bits per heavy atom. The molecule has 0 aliphatic carbocycles. The van der Waals surface area contributed by atoms with Gasteiger partial charge < -0.3 is 5.73 Å². The van der Waals surface area contributed by atoms with E-state index in [1.165, 1.54) is 11.5 Å². The molecule has 1 aliphatic heterocycles. The Kier molecular flexibility index (Phi) is 3.56. The van der Waals surface area contributed by atoms with Crippen molar-refractivity contribution >= 4 is 23.1 Å². The largest absolute Gasteiger partial charge is 0.326 e. The first-order valence-corrected chi connectivity index (χ1v) is 6.26. The predicted molar refractivity (Wildman–Crippen MR) is 62.0 cm³/mol. The Morgan fingerprint density at radius 2 is 2.47 bits per heavy atom. The van der Waals surface area contributed by atoms with E-state index in [1.807, 2.05) is 0 Å². The molecule has 0 spiro atoms. The van der Waals surface area contributed by atoms with Crippen LogP contribution in [0.4, 0.5) is 0 Å². The van der Waals surface area contributed by atoms with Gasteiger partial charge in [0.05, 0.1) is 0 Å². The summed E-state index contributed by atoms with van der Waals surface area (Å²) in [6, 6.07) is 0.268. The first-order valence-electron chi connectivity index (χ1n) is 5.11. The van der Waals surface area contributed by atoms with Crippen molar-refractivity contribution in [3.05, 3.63) is 10.0 Å². The maximum atomic E-state index is 6.03. The van der Waals surface area contributed by atoms with Gasteiger partial charge in [0, 0.05) is 30.7 Å². The lowest BCUT2D eigenvalue weighted by molar-refractivity contribution is 0.160. The fourth-order valence-corrected chi connectivity index (χ4v) is 2.43. The van der Waals surface area contributed by atoms with Crippen LogP contribution in [0.2, 0.25) is 4.34 Å². The molecule has 6 heteroatoms. The van der Waals surface area contributed by atoms with E-state index in [-0.39, 0.29) is 6.04 Å². The topological polar surface area (TPSA) is 55.0 Å². The van der Waals surface area contributed by atoms with Crippen molar-refractivity contribution in [1.82, 2.24) is 14.5 Å². The van der Waals surface area contributed by atoms with Gasteiger partial charge in [0.25, 0.3) is 0 Å². The van der Waals surface area contributed by atoms with E-state index in [0.717, 1.165) is 31.7 Å². The van der Waals surface area contributed by atoms with Gasteiger partial charge in [-0.15, -0.1) is 5.10 Å². The van der Waals surface area contributed by atoms with Crippen molar-refractivity contribution in [2.24, 2.45) is 11.7 Å². The van der Waals surface area contributed by atoms with Crippen LogP contribution in [0.5, 0.6) is 0 Å². The summed E-state index contributed by atoms with van der Waals surface area (Å²) in [5.74, 6) is 0.616. The molecule has 1 aliphatic rings. The molecule has 0 radical (unpaired) electrons. The highest BCUT2D eigenvalue weighted by molar-refractivity contribution is 7.10. The van der Waals surface area contributed by atoms with Gasteiger partial charge in [-0.05, 0) is 18.9 Å². The SMILES string of the molecule is CC1CCN(Cc2nnsc2Cl)CC1N. The lowest BCUT2D eigenvalue weighted by Crippen LogP contribution is -2.47. The van der Waals surface area contributed by atoms with Crippen molar-refractivity contribution in [2.45, 2.75) is 25.9 Å². The first-order chi connectivity index (χ1) is 7.16. The molecule has 2 atom stereocenters. The van der Waals surface area contributed by atoms with Crippen LogP contribution in [-0.2, 0) is 6.54 Å². The molecule has 84 valence electrons. The van der Waals surface area contributed by atoms with Gasteiger partial charge in [0.15, 0.2) is 0 Å². The Morgan fingerprint density at radius 3 is 3.07 bits per heavy atom. The Bertz CT molecular complexity index is 330. The van der Waals surface area contributed by atoms with Crippen molar-refractivity contribution in [1.29, 1.82) is 0 Å². The summed E-state index contributed by atoms with van der Waals surface area (Å²) >= 11 is 7.20. The number of hydrogen-bond acceptors (Lipinski definition) is 5. The Hall–Kier alpha value is -0.230. The number of halogens is 1. The second kappa shape index (κ2) is 4.74. The van der Waals surface area contributed by atoms with Crippen molar-refractivity contribution in [2.75, 3.05) is 13.1 Å². The van der Waals surface area contributed by atoms with E-state index < -0.39 is 0 Å². The fourth-order valence-electron chi connectivity index (χ4n) is 1.82. The molecule has 4 nitrogen and oxygen atoms in total. The number of piperidine rings is 1. The molecule has 1 aromatic rings. The average Bonchev–Trinajstić information content (AvgIpc) is 2.59. The monoisotopic (exact) mass is 246 g/mol. The minimum atomic E-state index is 0.268. The highest BCUT2D eigenvalue weighted by atomic mass is 35.5. The molecule has 2 unspecified atom stereocenters. The van der Waals surface area contributed by atoms with E-state index in [1.54, 1.807) is 0 Å². The zero-order valence-electron chi connectivity index (χ0n) is 8.69. The number of hydrogen-bond donors (Lipinski definition) is 1. The third-order valence-electron chi connectivity index (χ3n) is 2.98. The van der Waals surface area contributed by atoms with Gasteiger partial charge >= 0.3 is 0 Å². The summed E-state index contributed by atoms with van der Waals surface area (Å²) in [4.78, 5) is 2.30. The smallest absolute Gasteiger partial charge is 0.138 e. The normalized spacial score (nSPS) is 28.2. The van der Waals surface area contributed by atoms with E-state index >= 15 is 0 Å². The van der Waals surface area contributed by atoms with Crippen LogP contribution < -0.4 is 5.73 Å². The molecule has 2 heterocycles. The van der Waals surface area contributed by atoms with Gasteiger partial charge in [-0.1, -0.05) is 23.0 Å². The van der Waals surface area contributed by atoms with Gasteiger partial charge in [-0.2, -0.15) is 0 Å². The van der Waals surface area contributed by atoms with Crippen LogP contribution in [0.25, 0.3) is 0 Å². The number of likely N-dealkylation sites (tertiary alicyclic amines) is 1. The van der Waals surface area contributed by atoms with E-state index in [4.69, 9.17) is 17.3 Å². The fraction of sp³-hybridized carbons (Fsp3) is 0.778. The molecule has 1 aromatic heterocycles. The molecule has 15 heavy (non-hydrogen) atoms.